The molecule has 0 bridgehead atoms. The standard InChI is InChI=1S/C12H15FN2O/c13-10-4-2-1-3-9(10)12(5-6-12)11(16)15-8-7-14/h1-4H,5-8,14H2,(H,15,16). The van der Waals surface area contributed by atoms with Gasteiger partial charge in [-0.2, -0.15) is 0 Å². The fraction of sp³-hybridized carbons (Fsp3) is 0.417. The quantitative estimate of drug-likeness (QED) is 0.796. The molecule has 4 heteroatoms. The van der Waals surface area contributed by atoms with E-state index in [1.54, 1.807) is 18.2 Å². The molecule has 1 fully saturated rings. The van der Waals surface area contributed by atoms with Crippen LogP contribution >= 0.6 is 0 Å². The first-order valence-electron chi connectivity index (χ1n) is 5.44. The summed E-state index contributed by atoms with van der Waals surface area (Å²) in [6, 6.07) is 6.47. The van der Waals surface area contributed by atoms with E-state index in [0.717, 1.165) is 0 Å². The van der Waals surface area contributed by atoms with Crippen LogP contribution in [0.1, 0.15) is 18.4 Å². The van der Waals surface area contributed by atoms with Crippen molar-refractivity contribution in [3.05, 3.63) is 35.6 Å². The smallest absolute Gasteiger partial charge is 0.230 e. The number of carbonyl (C=O) groups is 1. The van der Waals surface area contributed by atoms with Crippen LogP contribution in [-0.2, 0) is 10.2 Å². The molecule has 1 aromatic carbocycles. The molecule has 1 saturated carbocycles. The SMILES string of the molecule is NCCNC(=O)C1(c2ccccc2F)CC1. The van der Waals surface area contributed by atoms with Crippen LogP contribution < -0.4 is 11.1 Å². The maximum atomic E-state index is 13.6. The predicted octanol–water partition coefficient (Wildman–Crippen LogP) is 0.932. The summed E-state index contributed by atoms with van der Waals surface area (Å²) in [5, 5.41) is 2.73. The van der Waals surface area contributed by atoms with Gasteiger partial charge in [0.25, 0.3) is 0 Å². The molecule has 0 spiro atoms. The Labute approximate surface area is 93.8 Å². The molecule has 0 aromatic heterocycles. The maximum Gasteiger partial charge on any atom is 0.230 e. The second kappa shape index (κ2) is 4.22. The molecule has 1 aromatic rings. The van der Waals surface area contributed by atoms with Gasteiger partial charge >= 0.3 is 0 Å². The fourth-order valence-corrected chi connectivity index (χ4v) is 1.95. The molecular weight excluding hydrogens is 207 g/mol. The summed E-state index contributed by atoms with van der Waals surface area (Å²) >= 11 is 0. The summed E-state index contributed by atoms with van der Waals surface area (Å²) in [6.45, 7) is 0.841. The molecule has 0 atom stereocenters. The number of benzene rings is 1. The van der Waals surface area contributed by atoms with E-state index in [1.165, 1.54) is 6.07 Å². The minimum atomic E-state index is -0.638. The molecule has 3 N–H and O–H groups in total. The van der Waals surface area contributed by atoms with Gasteiger partial charge in [-0.15, -0.1) is 0 Å². The molecular formula is C12H15FN2O. The molecule has 3 nitrogen and oxygen atoms in total. The van der Waals surface area contributed by atoms with Crippen molar-refractivity contribution < 1.29 is 9.18 Å². The number of nitrogens with one attached hydrogen (secondary N) is 1. The van der Waals surface area contributed by atoms with Gasteiger partial charge in [-0.3, -0.25) is 4.79 Å². The van der Waals surface area contributed by atoms with Crippen LogP contribution in [0.4, 0.5) is 4.39 Å². The summed E-state index contributed by atoms with van der Waals surface area (Å²) in [6.07, 6.45) is 1.43. The zero-order chi connectivity index (χ0) is 11.6. The van der Waals surface area contributed by atoms with Crippen molar-refractivity contribution in [1.82, 2.24) is 5.32 Å². The highest BCUT2D eigenvalue weighted by Crippen LogP contribution is 2.49. The third-order valence-electron chi connectivity index (χ3n) is 3.00. The van der Waals surface area contributed by atoms with Gasteiger partial charge in [-0.1, -0.05) is 18.2 Å². The van der Waals surface area contributed by atoms with Crippen LogP contribution in [0.5, 0.6) is 0 Å². The molecule has 16 heavy (non-hydrogen) atoms. The lowest BCUT2D eigenvalue weighted by molar-refractivity contribution is -0.123. The van der Waals surface area contributed by atoms with Gasteiger partial charge in [0.15, 0.2) is 0 Å². The van der Waals surface area contributed by atoms with Crippen molar-refractivity contribution in [3.63, 3.8) is 0 Å². The molecule has 0 aliphatic heterocycles. The van der Waals surface area contributed by atoms with Gasteiger partial charge in [0.05, 0.1) is 5.41 Å². The van der Waals surface area contributed by atoms with Crippen molar-refractivity contribution in [2.75, 3.05) is 13.1 Å². The van der Waals surface area contributed by atoms with E-state index in [2.05, 4.69) is 5.32 Å². The minimum Gasteiger partial charge on any atom is -0.354 e. The van der Waals surface area contributed by atoms with E-state index >= 15 is 0 Å². The van der Waals surface area contributed by atoms with Crippen molar-refractivity contribution in [2.24, 2.45) is 5.73 Å². The largest absolute Gasteiger partial charge is 0.354 e. The van der Waals surface area contributed by atoms with Crippen LogP contribution in [0.15, 0.2) is 24.3 Å². The lowest BCUT2D eigenvalue weighted by Gasteiger charge is -2.15. The normalized spacial score (nSPS) is 16.9. The van der Waals surface area contributed by atoms with Crippen LogP contribution in [0.2, 0.25) is 0 Å². The lowest BCUT2D eigenvalue weighted by atomic mass is 9.94. The second-order valence-electron chi connectivity index (χ2n) is 4.11. The Bertz CT molecular complexity index is 402. The number of halogens is 1. The molecule has 0 saturated heterocycles. The Hall–Kier alpha value is -1.42. The minimum absolute atomic E-state index is 0.108. The van der Waals surface area contributed by atoms with Crippen LogP contribution in [-0.4, -0.2) is 19.0 Å². The number of hydrogen-bond acceptors (Lipinski definition) is 2. The van der Waals surface area contributed by atoms with Crippen LogP contribution in [0, 0.1) is 5.82 Å². The average molecular weight is 222 g/mol. The highest BCUT2D eigenvalue weighted by Gasteiger charge is 2.52. The Morgan fingerprint density at radius 1 is 1.44 bits per heavy atom. The number of amides is 1. The highest BCUT2D eigenvalue weighted by molar-refractivity contribution is 5.91. The summed E-state index contributed by atoms with van der Waals surface area (Å²) in [5.74, 6) is -0.411. The Morgan fingerprint density at radius 2 is 2.12 bits per heavy atom. The van der Waals surface area contributed by atoms with Crippen LogP contribution in [0.3, 0.4) is 0 Å². The summed E-state index contributed by atoms with van der Waals surface area (Å²) in [4.78, 5) is 11.9. The summed E-state index contributed by atoms with van der Waals surface area (Å²) in [7, 11) is 0. The third-order valence-corrected chi connectivity index (χ3v) is 3.00. The van der Waals surface area contributed by atoms with Crippen molar-refractivity contribution >= 4 is 5.91 Å². The van der Waals surface area contributed by atoms with Crippen molar-refractivity contribution in [1.29, 1.82) is 0 Å². The van der Waals surface area contributed by atoms with Gasteiger partial charge in [0, 0.05) is 18.7 Å². The van der Waals surface area contributed by atoms with E-state index < -0.39 is 5.41 Å². The molecule has 0 radical (unpaired) electrons. The van der Waals surface area contributed by atoms with Gasteiger partial charge in [0.1, 0.15) is 5.82 Å². The summed E-state index contributed by atoms with van der Waals surface area (Å²) in [5.41, 5.74) is 5.19. The van der Waals surface area contributed by atoms with Crippen LogP contribution in [0.25, 0.3) is 0 Å². The topological polar surface area (TPSA) is 55.1 Å². The second-order valence-corrected chi connectivity index (χ2v) is 4.11. The monoisotopic (exact) mass is 222 g/mol. The van der Waals surface area contributed by atoms with E-state index in [9.17, 15) is 9.18 Å². The molecule has 86 valence electrons. The fourth-order valence-electron chi connectivity index (χ4n) is 1.95. The first-order valence-corrected chi connectivity index (χ1v) is 5.44. The first kappa shape index (κ1) is 11.1. The molecule has 0 unspecified atom stereocenters. The zero-order valence-corrected chi connectivity index (χ0v) is 9.00. The van der Waals surface area contributed by atoms with E-state index in [4.69, 9.17) is 5.73 Å². The van der Waals surface area contributed by atoms with Gasteiger partial charge in [-0.25, -0.2) is 4.39 Å². The molecule has 0 heterocycles. The Balaban J connectivity index is 2.20. The maximum absolute atomic E-state index is 13.6. The number of rotatable bonds is 4. The van der Waals surface area contributed by atoms with Gasteiger partial charge in [0.2, 0.25) is 5.91 Å². The molecule has 1 aliphatic carbocycles. The van der Waals surface area contributed by atoms with E-state index in [-0.39, 0.29) is 11.7 Å². The van der Waals surface area contributed by atoms with Crippen molar-refractivity contribution in [2.45, 2.75) is 18.3 Å². The third kappa shape index (κ3) is 1.80. The average Bonchev–Trinajstić information content (AvgIpc) is 3.08. The highest BCUT2D eigenvalue weighted by atomic mass is 19.1. The molecule has 1 aliphatic rings. The predicted molar refractivity (Wildman–Crippen MR) is 59.4 cm³/mol. The Morgan fingerprint density at radius 3 is 2.69 bits per heavy atom. The zero-order valence-electron chi connectivity index (χ0n) is 9.00. The number of nitrogens with two attached hydrogens (primary N) is 1. The van der Waals surface area contributed by atoms with E-state index in [0.29, 0.717) is 31.5 Å². The summed E-state index contributed by atoms with van der Waals surface area (Å²) < 4.78 is 13.6. The Kier molecular flexibility index (Phi) is 2.92. The first-order chi connectivity index (χ1) is 7.70. The number of hydrogen-bond donors (Lipinski definition) is 2. The van der Waals surface area contributed by atoms with E-state index in [1.807, 2.05) is 0 Å². The number of carbonyl (C=O) groups excluding carboxylic acids is 1. The van der Waals surface area contributed by atoms with Crippen molar-refractivity contribution in [3.8, 4) is 0 Å². The molecule has 1 amide bonds. The lowest BCUT2D eigenvalue weighted by Crippen LogP contribution is -2.37. The van der Waals surface area contributed by atoms with Gasteiger partial charge < -0.3 is 11.1 Å². The van der Waals surface area contributed by atoms with Gasteiger partial charge in [-0.05, 0) is 18.9 Å². The molecule has 2 rings (SSSR count).